The Bertz CT molecular complexity index is 1420. The average molecular weight is 375 g/mol. The molecule has 0 aliphatic rings. The lowest BCUT2D eigenvalue weighted by Crippen LogP contribution is -2.30. The first-order chi connectivity index (χ1) is 14.2. The summed E-state index contributed by atoms with van der Waals surface area (Å²) in [5, 5.41) is 2.13. The number of furan rings is 1. The Morgan fingerprint density at radius 1 is 0.862 bits per heavy atom. The van der Waals surface area contributed by atoms with Crippen molar-refractivity contribution in [2.24, 2.45) is 7.05 Å². The van der Waals surface area contributed by atoms with Crippen LogP contribution >= 0.6 is 0 Å². The summed E-state index contributed by atoms with van der Waals surface area (Å²) < 4.78 is 8.52. The van der Waals surface area contributed by atoms with Gasteiger partial charge in [-0.05, 0) is 30.2 Å². The van der Waals surface area contributed by atoms with Crippen molar-refractivity contribution in [1.82, 2.24) is 0 Å². The first-order valence-electron chi connectivity index (χ1n) is 9.56. The standard InChI is InChI=1S/C26H19N2O/c1-17-12-15-22-25(23(17)21-11-7-8-16-28(21)3)19-13-14-20(27-2)24(26(19)29-22)18-9-5-4-6-10-18/h4-16H,1,3H3/q+1. The van der Waals surface area contributed by atoms with E-state index in [1.54, 1.807) is 0 Å². The monoisotopic (exact) mass is 375 g/mol. The maximum absolute atomic E-state index is 7.66. The van der Waals surface area contributed by atoms with E-state index in [9.17, 15) is 0 Å². The fourth-order valence-corrected chi connectivity index (χ4v) is 4.12. The van der Waals surface area contributed by atoms with Crippen LogP contribution in [0.25, 0.3) is 49.2 Å². The maximum atomic E-state index is 7.66. The fraction of sp³-hybridized carbons (Fsp3) is 0.0769. The van der Waals surface area contributed by atoms with Gasteiger partial charge in [-0.2, -0.15) is 0 Å². The molecule has 2 heterocycles. The molecule has 138 valence electrons. The molecule has 0 saturated carbocycles. The van der Waals surface area contributed by atoms with Crippen LogP contribution in [-0.4, -0.2) is 0 Å². The summed E-state index contributed by atoms with van der Waals surface area (Å²) in [6.07, 6.45) is 2.06. The minimum absolute atomic E-state index is 0.603. The molecule has 3 nitrogen and oxygen atoms in total. The number of rotatable bonds is 2. The average Bonchev–Trinajstić information content (AvgIpc) is 3.13. The van der Waals surface area contributed by atoms with Crippen LogP contribution in [0.5, 0.6) is 0 Å². The van der Waals surface area contributed by atoms with Crippen molar-refractivity contribution >= 4 is 27.6 Å². The Balaban J connectivity index is 1.95. The second-order valence-corrected chi connectivity index (χ2v) is 7.24. The van der Waals surface area contributed by atoms with Crippen molar-refractivity contribution in [3.05, 3.63) is 96.0 Å². The zero-order chi connectivity index (χ0) is 20.0. The lowest BCUT2D eigenvalue weighted by Gasteiger charge is -2.07. The zero-order valence-corrected chi connectivity index (χ0v) is 16.3. The van der Waals surface area contributed by atoms with Crippen LogP contribution in [0.1, 0.15) is 5.56 Å². The summed E-state index contributed by atoms with van der Waals surface area (Å²) in [4.78, 5) is 3.77. The van der Waals surface area contributed by atoms with Gasteiger partial charge in [0.1, 0.15) is 18.2 Å². The predicted molar refractivity (Wildman–Crippen MR) is 117 cm³/mol. The molecule has 0 fully saturated rings. The van der Waals surface area contributed by atoms with Crippen molar-refractivity contribution in [3.63, 3.8) is 0 Å². The lowest BCUT2D eigenvalue weighted by atomic mass is 9.95. The second kappa shape index (κ2) is 6.61. The topological polar surface area (TPSA) is 21.4 Å². The Kier molecular flexibility index (Phi) is 3.93. The predicted octanol–water partition coefficient (Wildman–Crippen LogP) is 6.60. The highest BCUT2D eigenvalue weighted by atomic mass is 16.3. The molecule has 2 aromatic heterocycles. The van der Waals surface area contributed by atoms with Crippen molar-refractivity contribution in [2.75, 3.05) is 0 Å². The summed E-state index contributed by atoms with van der Waals surface area (Å²) in [5.74, 6) is 0. The van der Waals surface area contributed by atoms with Crippen molar-refractivity contribution in [1.29, 1.82) is 0 Å². The number of aromatic nitrogens is 1. The number of aryl methyl sites for hydroxylation is 2. The molecule has 0 spiro atoms. The quantitative estimate of drug-likeness (QED) is 0.251. The van der Waals surface area contributed by atoms with Crippen LogP contribution in [0.15, 0.2) is 83.4 Å². The number of benzene rings is 3. The zero-order valence-electron chi connectivity index (χ0n) is 16.3. The molecule has 3 aromatic carbocycles. The number of nitrogens with zero attached hydrogens (tertiary/aromatic N) is 2. The maximum Gasteiger partial charge on any atom is 0.213 e. The second-order valence-electron chi connectivity index (χ2n) is 7.24. The normalized spacial score (nSPS) is 11.1. The molecular formula is C26H19N2O+. The molecule has 0 atom stereocenters. The van der Waals surface area contributed by atoms with Crippen molar-refractivity contribution in [3.8, 4) is 22.4 Å². The van der Waals surface area contributed by atoms with Gasteiger partial charge < -0.3 is 4.42 Å². The Morgan fingerprint density at radius 2 is 1.66 bits per heavy atom. The van der Waals surface area contributed by atoms with Gasteiger partial charge in [-0.15, -0.1) is 0 Å². The molecule has 0 unspecified atom stereocenters. The SMILES string of the molecule is [C-]#[N+]c1ccc2c(oc3ccc(C)c(-c4cccc[n+]4C)c32)c1-c1ccccc1. The third kappa shape index (κ3) is 2.61. The molecule has 0 N–H and O–H groups in total. The van der Waals surface area contributed by atoms with E-state index in [2.05, 4.69) is 47.8 Å². The number of pyridine rings is 1. The first-order valence-corrected chi connectivity index (χ1v) is 9.56. The van der Waals surface area contributed by atoms with E-state index in [1.807, 2.05) is 54.6 Å². The minimum atomic E-state index is 0.603. The largest absolute Gasteiger partial charge is 0.457 e. The van der Waals surface area contributed by atoms with Crippen LogP contribution in [0, 0.1) is 13.5 Å². The molecule has 0 amide bonds. The van der Waals surface area contributed by atoms with Crippen molar-refractivity contribution in [2.45, 2.75) is 6.92 Å². The first kappa shape index (κ1) is 17.2. The number of hydrogen-bond donors (Lipinski definition) is 0. The smallest absolute Gasteiger partial charge is 0.213 e. The van der Waals surface area contributed by atoms with Gasteiger partial charge in [-0.25, -0.2) is 9.41 Å². The number of hydrogen-bond acceptors (Lipinski definition) is 1. The van der Waals surface area contributed by atoms with Gasteiger partial charge in [0, 0.05) is 28.5 Å². The van der Waals surface area contributed by atoms with E-state index in [1.165, 1.54) is 11.1 Å². The van der Waals surface area contributed by atoms with E-state index in [4.69, 9.17) is 11.0 Å². The van der Waals surface area contributed by atoms with Gasteiger partial charge in [0.15, 0.2) is 11.9 Å². The fourth-order valence-electron chi connectivity index (χ4n) is 4.12. The third-order valence-electron chi connectivity index (χ3n) is 5.49. The van der Waals surface area contributed by atoms with Crippen LogP contribution < -0.4 is 4.57 Å². The highest BCUT2D eigenvalue weighted by Gasteiger charge is 2.22. The molecule has 5 aromatic rings. The van der Waals surface area contributed by atoms with Crippen LogP contribution in [0.4, 0.5) is 5.69 Å². The van der Waals surface area contributed by atoms with E-state index in [0.29, 0.717) is 5.69 Å². The van der Waals surface area contributed by atoms with E-state index < -0.39 is 0 Å². The summed E-state index contributed by atoms with van der Waals surface area (Å²) >= 11 is 0. The summed E-state index contributed by atoms with van der Waals surface area (Å²) in [6, 6.07) is 24.3. The van der Waals surface area contributed by atoms with E-state index >= 15 is 0 Å². The Hall–Kier alpha value is -3.90. The molecular weight excluding hydrogens is 356 g/mol. The highest BCUT2D eigenvalue weighted by Crippen LogP contribution is 2.44. The molecule has 0 saturated heterocycles. The van der Waals surface area contributed by atoms with Gasteiger partial charge in [-0.1, -0.05) is 48.5 Å². The van der Waals surface area contributed by atoms with Gasteiger partial charge in [0.2, 0.25) is 5.69 Å². The summed E-state index contributed by atoms with van der Waals surface area (Å²) in [7, 11) is 2.06. The molecule has 0 aliphatic heterocycles. The number of fused-ring (bicyclic) bond motifs is 3. The summed E-state index contributed by atoms with van der Waals surface area (Å²) in [5.41, 5.74) is 7.55. The lowest BCUT2D eigenvalue weighted by molar-refractivity contribution is -0.660. The minimum Gasteiger partial charge on any atom is -0.457 e. The van der Waals surface area contributed by atoms with Gasteiger partial charge >= 0.3 is 0 Å². The molecule has 5 rings (SSSR count). The van der Waals surface area contributed by atoms with Gasteiger partial charge in [0.25, 0.3) is 0 Å². The van der Waals surface area contributed by atoms with Crippen molar-refractivity contribution < 1.29 is 8.98 Å². The summed E-state index contributed by atoms with van der Waals surface area (Å²) in [6.45, 7) is 9.79. The van der Waals surface area contributed by atoms with Gasteiger partial charge in [-0.3, -0.25) is 0 Å². The molecule has 0 aliphatic carbocycles. The third-order valence-corrected chi connectivity index (χ3v) is 5.49. The molecule has 3 heteroatoms. The van der Waals surface area contributed by atoms with Gasteiger partial charge in [0.05, 0.1) is 12.1 Å². The molecule has 0 radical (unpaired) electrons. The Labute approximate surface area is 169 Å². The molecule has 29 heavy (non-hydrogen) atoms. The Morgan fingerprint density at radius 3 is 2.41 bits per heavy atom. The highest BCUT2D eigenvalue weighted by molar-refractivity contribution is 6.17. The van der Waals surface area contributed by atoms with Crippen LogP contribution in [0.2, 0.25) is 0 Å². The van der Waals surface area contributed by atoms with E-state index in [-0.39, 0.29) is 0 Å². The van der Waals surface area contributed by atoms with Crippen LogP contribution in [-0.2, 0) is 7.05 Å². The van der Waals surface area contributed by atoms with Crippen LogP contribution in [0.3, 0.4) is 0 Å². The van der Waals surface area contributed by atoms with E-state index in [0.717, 1.165) is 38.8 Å². The molecule has 0 bridgehead atoms.